The fourth-order valence-corrected chi connectivity index (χ4v) is 1.99. The van der Waals surface area contributed by atoms with Crippen LogP contribution in [0.3, 0.4) is 0 Å². The first-order valence-electron chi connectivity index (χ1n) is 7.17. The molecule has 0 saturated carbocycles. The molecule has 21 heavy (non-hydrogen) atoms. The largest absolute Gasteiger partial charge is 0.476 e. The zero-order chi connectivity index (χ0) is 15.4. The van der Waals surface area contributed by atoms with Gasteiger partial charge in [-0.25, -0.2) is 0 Å². The van der Waals surface area contributed by atoms with Crippen LogP contribution >= 0.6 is 0 Å². The van der Waals surface area contributed by atoms with E-state index >= 15 is 0 Å². The van der Waals surface area contributed by atoms with Crippen LogP contribution in [0.1, 0.15) is 30.0 Å². The van der Waals surface area contributed by atoms with Crippen molar-refractivity contribution in [3.8, 4) is 17.5 Å². The minimum Gasteiger partial charge on any atom is -0.476 e. The number of aryl methyl sites for hydroxylation is 2. The lowest BCUT2D eigenvalue weighted by atomic mass is 10.1. The molecule has 2 aromatic rings. The summed E-state index contributed by atoms with van der Waals surface area (Å²) in [5, 5.41) is 0. The van der Waals surface area contributed by atoms with E-state index in [2.05, 4.69) is 18.0 Å². The summed E-state index contributed by atoms with van der Waals surface area (Å²) < 4.78 is 11.5. The van der Waals surface area contributed by atoms with Crippen molar-refractivity contribution in [1.29, 1.82) is 0 Å². The highest BCUT2D eigenvalue weighted by Gasteiger charge is 2.10. The van der Waals surface area contributed by atoms with Crippen molar-refractivity contribution in [3.63, 3.8) is 0 Å². The lowest BCUT2D eigenvalue weighted by Crippen LogP contribution is -2.02. The van der Waals surface area contributed by atoms with Gasteiger partial charge in [0.25, 0.3) is 0 Å². The second-order valence-corrected chi connectivity index (χ2v) is 5.15. The third-order valence-corrected chi connectivity index (χ3v) is 3.39. The number of anilines is 1. The van der Waals surface area contributed by atoms with Crippen LogP contribution in [0.4, 0.5) is 5.69 Å². The molecule has 0 atom stereocenters. The molecule has 0 unspecified atom stereocenters. The number of aromatic nitrogens is 1. The van der Waals surface area contributed by atoms with Crippen LogP contribution in [-0.4, -0.2) is 11.6 Å². The molecule has 4 heteroatoms. The van der Waals surface area contributed by atoms with Gasteiger partial charge < -0.3 is 15.2 Å². The van der Waals surface area contributed by atoms with Gasteiger partial charge in [0.05, 0.1) is 12.3 Å². The first kappa shape index (κ1) is 15.2. The molecule has 2 N–H and O–H groups in total. The fraction of sp³-hybridized carbons (Fsp3) is 0.353. The SMILES string of the molecule is CCCOc1nc(Oc2c(C)ccc(C)c2C)ccc1N. The highest BCUT2D eigenvalue weighted by atomic mass is 16.5. The molecular weight excluding hydrogens is 264 g/mol. The van der Waals surface area contributed by atoms with Crippen molar-refractivity contribution in [2.24, 2.45) is 0 Å². The predicted octanol–water partition coefficient (Wildman–Crippen LogP) is 4.17. The number of benzene rings is 1. The van der Waals surface area contributed by atoms with E-state index in [1.807, 2.05) is 26.8 Å². The van der Waals surface area contributed by atoms with Gasteiger partial charge in [0, 0.05) is 6.07 Å². The van der Waals surface area contributed by atoms with Gasteiger partial charge in [0.2, 0.25) is 11.8 Å². The van der Waals surface area contributed by atoms with Gasteiger partial charge in [-0.3, -0.25) is 0 Å². The summed E-state index contributed by atoms with van der Waals surface area (Å²) in [6.45, 7) is 8.75. The maximum atomic E-state index is 5.95. The van der Waals surface area contributed by atoms with Crippen molar-refractivity contribution in [3.05, 3.63) is 41.0 Å². The lowest BCUT2D eigenvalue weighted by Gasteiger charge is -2.14. The first-order valence-corrected chi connectivity index (χ1v) is 7.17. The van der Waals surface area contributed by atoms with Crippen LogP contribution in [0.5, 0.6) is 17.5 Å². The molecule has 0 bridgehead atoms. The summed E-state index contributed by atoms with van der Waals surface area (Å²) >= 11 is 0. The maximum Gasteiger partial charge on any atom is 0.240 e. The Morgan fingerprint density at radius 1 is 1.05 bits per heavy atom. The smallest absolute Gasteiger partial charge is 0.240 e. The van der Waals surface area contributed by atoms with Crippen LogP contribution in [-0.2, 0) is 0 Å². The molecule has 2 rings (SSSR count). The van der Waals surface area contributed by atoms with Crippen molar-refractivity contribution in [2.45, 2.75) is 34.1 Å². The van der Waals surface area contributed by atoms with E-state index in [1.165, 1.54) is 5.56 Å². The summed E-state index contributed by atoms with van der Waals surface area (Å²) in [6, 6.07) is 7.65. The number of nitrogens with two attached hydrogens (primary N) is 1. The minimum absolute atomic E-state index is 0.428. The molecule has 0 spiro atoms. The summed E-state index contributed by atoms with van der Waals surface area (Å²) in [5.74, 6) is 1.76. The molecule has 0 amide bonds. The Bertz CT molecular complexity index is 639. The van der Waals surface area contributed by atoms with Gasteiger partial charge in [-0.2, -0.15) is 4.98 Å². The van der Waals surface area contributed by atoms with Gasteiger partial charge in [0.1, 0.15) is 5.75 Å². The number of nitrogen functional groups attached to an aromatic ring is 1. The molecular formula is C17H22N2O2. The van der Waals surface area contributed by atoms with Gasteiger partial charge in [-0.1, -0.05) is 19.1 Å². The Labute approximate surface area is 125 Å². The van der Waals surface area contributed by atoms with Crippen molar-refractivity contribution in [2.75, 3.05) is 12.3 Å². The van der Waals surface area contributed by atoms with Crippen molar-refractivity contribution < 1.29 is 9.47 Å². The molecule has 0 radical (unpaired) electrons. The summed E-state index contributed by atoms with van der Waals surface area (Å²) in [5.41, 5.74) is 9.77. The Morgan fingerprint density at radius 3 is 2.48 bits per heavy atom. The molecule has 1 aromatic heterocycles. The fourth-order valence-electron chi connectivity index (χ4n) is 1.99. The number of rotatable bonds is 5. The summed E-state index contributed by atoms with van der Waals surface area (Å²) in [7, 11) is 0. The lowest BCUT2D eigenvalue weighted by molar-refractivity contribution is 0.302. The summed E-state index contributed by atoms with van der Waals surface area (Å²) in [4.78, 5) is 4.35. The quantitative estimate of drug-likeness (QED) is 0.896. The Kier molecular flexibility index (Phi) is 4.68. The van der Waals surface area contributed by atoms with Crippen LogP contribution in [0.2, 0.25) is 0 Å². The van der Waals surface area contributed by atoms with Crippen molar-refractivity contribution >= 4 is 5.69 Å². The second-order valence-electron chi connectivity index (χ2n) is 5.15. The third-order valence-electron chi connectivity index (χ3n) is 3.39. The molecule has 0 aliphatic rings. The molecule has 112 valence electrons. The number of pyridine rings is 1. The standard InChI is InChI=1S/C17H22N2O2/c1-5-10-20-17-14(18)8-9-15(19-17)21-16-12(3)7-6-11(2)13(16)4/h6-9H,5,10,18H2,1-4H3. The monoisotopic (exact) mass is 286 g/mol. The highest BCUT2D eigenvalue weighted by molar-refractivity contribution is 5.51. The normalized spacial score (nSPS) is 10.5. The van der Waals surface area contributed by atoms with Crippen LogP contribution in [0.15, 0.2) is 24.3 Å². The van der Waals surface area contributed by atoms with Gasteiger partial charge in [-0.15, -0.1) is 0 Å². The minimum atomic E-state index is 0.428. The second kappa shape index (κ2) is 6.48. The number of nitrogens with zero attached hydrogens (tertiary/aromatic N) is 1. The van der Waals surface area contributed by atoms with E-state index < -0.39 is 0 Å². The number of hydrogen-bond acceptors (Lipinski definition) is 4. The molecule has 0 saturated heterocycles. The summed E-state index contributed by atoms with van der Waals surface area (Å²) in [6.07, 6.45) is 0.905. The van der Waals surface area contributed by atoms with Crippen LogP contribution in [0, 0.1) is 20.8 Å². The molecule has 0 aliphatic carbocycles. The van der Waals surface area contributed by atoms with E-state index in [9.17, 15) is 0 Å². The van der Waals surface area contributed by atoms with E-state index in [0.717, 1.165) is 23.3 Å². The molecule has 0 fully saturated rings. The number of ether oxygens (including phenoxy) is 2. The first-order chi connectivity index (χ1) is 10.0. The van der Waals surface area contributed by atoms with Crippen molar-refractivity contribution in [1.82, 2.24) is 4.98 Å². The van der Waals surface area contributed by atoms with E-state index in [-0.39, 0.29) is 0 Å². The number of hydrogen-bond donors (Lipinski definition) is 1. The Hall–Kier alpha value is -2.23. The molecule has 1 aromatic carbocycles. The van der Waals surface area contributed by atoms with Crippen LogP contribution in [0.25, 0.3) is 0 Å². The Balaban J connectivity index is 2.30. The maximum absolute atomic E-state index is 5.95. The van der Waals surface area contributed by atoms with E-state index in [1.54, 1.807) is 12.1 Å². The highest BCUT2D eigenvalue weighted by Crippen LogP contribution is 2.31. The zero-order valence-electron chi connectivity index (χ0n) is 13.1. The average molecular weight is 286 g/mol. The molecule has 4 nitrogen and oxygen atoms in total. The van der Waals surface area contributed by atoms with Gasteiger partial charge in [0.15, 0.2) is 0 Å². The zero-order valence-corrected chi connectivity index (χ0v) is 13.1. The van der Waals surface area contributed by atoms with Gasteiger partial charge in [-0.05, 0) is 49.9 Å². The van der Waals surface area contributed by atoms with Gasteiger partial charge >= 0.3 is 0 Å². The third kappa shape index (κ3) is 3.45. The average Bonchev–Trinajstić information content (AvgIpc) is 2.48. The predicted molar refractivity (Wildman–Crippen MR) is 85.2 cm³/mol. The van der Waals surface area contributed by atoms with E-state index in [0.29, 0.717) is 24.1 Å². The van der Waals surface area contributed by atoms with Crippen LogP contribution < -0.4 is 15.2 Å². The molecule has 0 aliphatic heterocycles. The Morgan fingerprint density at radius 2 is 1.76 bits per heavy atom. The molecule has 1 heterocycles. The van der Waals surface area contributed by atoms with E-state index in [4.69, 9.17) is 15.2 Å². The topological polar surface area (TPSA) is 57.4 Å².